The lowest BCUT2D eigenvalue weighted by molar-refractivity contribution is 0.0691. The van der Waals surface area contributed by atoms with Crippen LogP contribution in [0.1, 0.15) is 41.7 Å². The molecule has 1 aromatic heterocycles. The molecule has 1 amide bonds. The fourth-order valence-corrected chi connectivity index (χ4v) is 2.88. The monoisotopic (exact) mass is 344 g/mol. The fourth-order valence-electron chi connectivity index (χ4n) is 2.88. The second-order valence-corrected chi connectivity index (χ2v) is 6.54. The molecule has 6 heteroatoms. The minimum absolute atomic E-state index is 0.0742. The van der Waals surface area contributed by atoms with Gasteiger partial charge < -0.3 is 18.8 Å². The molecule has 6 nitrogen and oxygen atoms in total. The highest BCUT2D eigenvalue weighted by Gasteiger charge is 2.24. The van der Waals surface area contributed by atoms with Crippen LogP contribution in [0.2, 0.25) is 0 Å². The van der Waals surface area contributed by atoms with Gasteiger partial charge in [-0.25, -0.2) is 4.98 Å². The molecule has 0 bridgehead atoms. The molecule has 1 saturated heterocycles. The first-order valence-electron chi connectivity index (χ1n) is 8.58. The van der Waals surface area contributed by atoms with Crippen LogP contribution in [0.3, 0.4) is 0 Å². The topological polar surface area (TPSA) is 64.8 Å². The van der Waals surface area contributed by atoms with Gasteiger partial charge in [0.1, 0.15) is 6.26 Å². The van der Waals surface area contributed by atoms with Gasteiger partial charge in [-0.1, -0.05) is 13.0 Å². The standard InChI is InChI=1S/C19H24N2O4/c1-13-6-8-21(9-7-13)19(22)15-11-25-18(20-15)12-24-16-5-4-14(2)10-17(16)23-3/h4-5,10-11,13H,6-9,12H2,1-3H3. The first kappa shape index (κ1) is 17.3. The Hall–Kier alpha value is -2.50. The first-order chi connectivity index (χ1) is 12.1. The number of aryl methyl sites for hydroxylation is 1. The van der Waals surface area contributed by atoms with Crippen LogP contribution < -0.4 is 9.47 Å². The van der Waals surface area contributed by atoms with Crippen molar-refractivity contribution < 1.29 is 18.7 Å². The van der Waals surface area contributed by atoms with Crippen LogP contribution in [0.5, 0.6) is 11.5 Å². The number of benzene rings is 1. The van der Waals surface area contributed by atoms with Crippen LogP contribution in [0.15, 0.2) is 28.9 Å². The predicted octanol–water partition coefficient (Wildman–Crippen LogP) is 3.44. The Morgan fingerprint density at radius 2 is 2.08 bits per heavy atom. The lowest BCUT2D eigenvalue weighted by Crippen LogP contribution is -2.38. The van der Waals surface area contributed by atoms with Gasteiger partial charge in [-0.3, -0.25) is 4.79 Å². The number of nitrogens with zero attached hydrogens (tertiary/aromatic N) is 2. The van der Waals surface area contributed by atoms with Crippen LogP contribution in [0, 0.1) is 12.8 Å². The summed E-state index contributed by atoms with van der Waals surface area (Å²) in [6.45, 7) is 5.90. The Labute approximate surface area is 147 Å². The number of ether oxygens (including phenoxy) is 2. The SMILES string of the molecule is COc1cc(C)ccc1OCc1nc(C(=O)N2CCC(C)CC2)co1. The summed E-state index contributed by atoms with van der Waals surface area (Å²) < 4.78 is 16.4. The minimum Gasteiger partial charge on any atom is -0.493 e. The van der Waals surface area contributed by atoms with Crippen molar-refractivity contribution in [1.29, 1.82) is 0 Å². The highest BCUT2D eigenvalue weighted by molar-refractivity contribution is 5.92. The molecule has 1 aliphatic heterocycles. The zero-order valence-corrected chi connectivity index (χ0v) is 14.9. The highest BCUT2D eigenvalue weighted by Crippen LogP contribution is 2.28. The van der Waals surface area contributed by atoms with Gasteiger partial charge in [0.15, 0.2) is 23.8 Å². The first-order valence-corrected chi connectivity index (χ1v) is 8.58. The number of rotatable bonds is 5. The number of hydrogen-bond acceptors (Lipinski definition) is 5. The summed E-state index contributed by atoms with van der Waals surface area (Å²) in [5.41, 5.74) is 1.42. The van der Waals surface area contributed by atoms with Crippen LogP contribution >= 0.6 is 0 Å². The summed E-state index contributed by atoms with van der Waals surface area (Å²) in [7, 11) is 1.60. The molecule has 134 valence electrons. The lowest BCUT2D eigenvalue weighted by atomic mass is 9.99. The Kier molecular flexibility index (Phi) is 5.26. The van der Waals surface area contributed by atoms with Crippen LogP contribution in [0.4, 0.5) is 0 Å². The number of piperidine rings is 1. The van der Waals surface area contributed by atoms with E-state index in [0.717, 1.165) is 31.5 Å². The quantitative estimate of drug-likeness (QED) is 0.831. The van der Waals surface area contributed by atoms with E-state index in [1.54, 1.807) is 7.11 Å². The van der Waals surface area contributed by atoms with Crippen molar-refractivity contribution in [1.82, 2.24) is 9.88 Å². The number of likely N-dealkylation sites (tertiary alicyclic amines) is 1. The minimum atomic E-state index is -0.0742. The van der Waals surface area contributed by atoms with E-state index in [-0.39, 0.29) is 12.5 Å². The largest absolute Gasteiger partial charge is 0.493 e. The van der Waals surface area contributed by atoms with Crippen LogP contribution in [-0.2, 0) is 6.61 Å². The Bertz CT molecular complexity index is 733. The number of methoxy groups -OCH3 is 1. The zero-order chi connectivity index (χ0) is 17.8. The summed E-state index contributed by atoms with van der Waals surface area (Å²) in [6, 6.07) is 5.69. The van der Waals surface area contributed by atoms with E-state index in [1.165, 1.54) is 6.26 Å². The van der Waals surface area contributed by atoms with Gasteiger partial charge in [0.2, 0.25) is 5.89 Å². The number of oxazole rings is 1. The van der Waals surface area contributed by atoms with Crippen molar-refractivity contribution in [2.45, 2.75) is 33.3 Å². The number of hydrogen-bond donors (Lipinski definition) is 0. The zero-order valence-electron chi connectivity index (χ0n) is 14.9. The van der Waals surface area contributed by atoms with Crippen molar-refractivity contribution in [2.75, 3.05) is 20.2 Å². The number of amides is 1. The molecule has 0 saturated carbocycles. The third-order valence-electron chi connectivity index (χ3n) is 4.51. The van der Waals surface area contributed by atoms with Crippen molar-refractivity contribution >= 4 is 5.91 Å². The lowest BCUT2D eigenvalue weighted by Gasteiger charge is -2.29. The third-order valence-corrected chi connectivity index (χ3v) is 4.51. The molecule has 1 fully saturated rings. The van der Waals surface area contributed by atoms with Crippen LogP contribution in [-0.4, -0.2) is 36.0 Å². The summed E-state index contributed by atoms with van der Waals surface area (Å²) in [6.07, 6.45) is 3.48. The van der Waals surface area contributed by atoms with Gasteiger partial charge >= 0.3 is 0 Å². The second kappa shape index (κ2) is 7.59. The molecule has 0 N–H and O–H groups in total. The number of carbonyl (C=O) groups excluding carboxylic acids is 1. The van der Waals surface area contributed by atoms with Gasteiger partial charge in [-0.15, -0.1) is 0 Å². The molecule has 2 aromatic rings. The normalized spacial score (nSPS) is 15.2. The molecule has 0 aliphatic carbocycles. The maximum atomic E-state index is 12.5. The number of aromatic nitrogens is 1. The Balaban J connectivity index is 1.61. The van der Waals surface area contributed by atoms with E-state index in [0.29, 0.717) is 29.0 Å². The van der Waals surface area contributed by atoms with E-state index in [4.69, 9.17) is 13.9 Å². The van der Waals surface area contributed by atoms with Gasteiger partial charge in [0, 0.05) is 13.1 Å². The van der Waals surface area contributed by atoms with Crippen molar-refractivity contribution in [2.24, 2.45) is 5.92 Å². The maximum Gasteiger partial charge on any atom is 0.275 e. The van der Waals surface area contributed by atoms with E-state index < -0.39 is 0 Å². The van der Waals surface area contributed by atoms with Gasteiger partial charge in [-0.05, 0) is 43.4 Å². The Morgan fingerprint density at radius 3 is 2.80 bits per heavy atom. The molecule has 0 spiro atoms. The van der Waals surface area contributed by atoms with Gasteiger partial charge in [-0.2, -0.15) is 0 Å². The van der Waals surface area contributed by atoms with Crippen molar-refractivity contribution in [3.63, 3.8) is 0 Å². The molecule has 1 aliphatic rings. The Morgan fingerprint density at radius 1 is 1.32 bits per heavy atom. The van der Waals surface area contributed by atoms with Gasteiger partial charge in [0.05, 0.1) is 7.11 Å². The molecular weight excluding hydrogens is 320 g/mol. The molecular formula is C19H24N2O4. The maximum absolute atomic E-state index is 12.5. The third kappa shape index (κ3) is 4.13. The van der Waals surface area contributed by atoms with Crippen molar-refractivity contribution in [3.8, 4) is 11.5 Å². The molecule has 2 heterocycles. The van der Waals surface area contributed by atoms with Crippen molar-refractivity contribution in [3.05, 3.63) is 41.6 Å². The average Bonchev–Trinajstić information content (AvgIpc) is 3.09. The molecule has 1 aromatic carbocycles. The molecule has 25 heavy (non-hydrogen) atoms. The summed E-state index contributed by atoms with van der Waals surface area (Å²) in [4.78, 5) is 18.6. The molecule has 0 radical (unpaired) electrons. The summed E-state index contributed by atoms with van der Waals surface area (Å²) in [5.74, 6) is 2.25. The molecule has 0 atom stereocenters. The smallest absolute Gasteiger partial charge is 0.275 e. The predicted molar refractivity (Wildman–Crippen MR) is 92.9 cm³/mol. The van der Waals surface area contributed by atoms with E-state index in [9.17, 15) is 4.79 Å². The summed E-state index contributed by atoms with van der Waals surface area (Å²) >= 11 is 0. The van der Waals surface area contributed by atoms with Gasteiger partial charge in [0.25, 0.3) is 5.91 Å². The summed E-state index contributed by atoms with van der Waals surface area (Å²) in [5, 5.41) is 0. The fraction of sp³-hybridized carbons (Fsp3) is 0.474. The second-order valence-electron chi connectivity index (χ2n) is 6.54. The van der Waals surface area contributed by atoms with E-state index >= 15 is 0 Å². The van der Waals surface area contributed by atoms with Crippen LogP contribution in [0.25, 0.3) is 0 Å². The van der Waals surface area contributed by atoms with E-state index in [1.807, 2.05) is 30.0 Å². The number of carbonyl (C=O) groups is 1. The highest BCUT2D eigenvalue weighted by atomic mass is 16.5. The molecule has 3 rings (SSSR count). The average molecular weight is 344 g/mol. The van der Waals surface area contributed by atoms with E-state index in [2.05, 4.69) is 11.9 Å². The molecule has 0 unspecified atom stereocenters.